The molecule has 0 amide bonds. The fourth-order valence-corrected chi connectivity index (χ4v) is 2.38. The second-order valence-electron chi connectivity index (χ2n) is 5.62. The van der Waals surface area contributed by atoms with Crippen molar-refractivity contribution in [2.45, 2.75) is 63.7 Å². The van der Waals surface area contributed by atoms with E-state index in [9.17, 15) is 13.2 Å². The van der Waals surface area contributed by atoms with Crippen LogP contribution in [0.1, 0.15) is 56.6 Å². The Balaban J connectivity index is 2.91. The van der Waals surface area contributed by atoms with Gasteiger partial charge in [-0.15, -0.1) is 0 Å². The van der Waals surface area contributed by atoms with E-state index in [1.54, 1.807) is 12.1 Å². The van der Waals surface area contributed by atoms with Gasteiger partial charge in [-0.3, -0.25) is 0 Å². The lowest BCUT2D eigenvalue weighted by molar-refractivity contribution is -0.137. The van der Waals surface area contributed by atoms with Crippen LogP contribution in [-0.4, -0.2) is 12.1 Å². The van der Waals surface area contributed by atoms with Gasteiger partial charge in [0.15, 0.2) is 0 Å². The molecule has 2 atom stereocenters. The zero-order valence-corrected chi connectivity index (χ0v) is 12.7. The fourth-order valence-electron chi connectivity index (χ4n) is 2.38. The van der Waals surface area contributed by atoms with Gasteiger partial charge in [0.25, 0.3) is 0 Å². The maximum atomic E-state index is 12.6. The van der Waals surface area contributed by atoms with Crippen LogP contribution in [0.2, 0.25) is 0 Å². The molecule has 1 aromatic rings. The third-order valence-corrected chi connectivity index (χ3v) is 3.93. The number of nitrogens with two attached hydrogens (primary N) is 2. The highest BCUT2D eigenvalue weighted by molar-refractivity contribution is 5.27. The van der Waals surface area contributed by atoms with Crippen LogP contribution < -0.4 is 11.5 Å². The minimum atomic E-state index is -4.30. The Morgan fingerprint density at radius 3 is 1.67 bits per heavy atom. The molecule has 4 N–H and O–H groups in total. The second-order valence-corrected chi connectivity index (χ2v) is 5.62. The summed E-state index contributed by atoms with van der Waals surface area (Å²) in [7, 11) is 0. The number of rotatable bonds is 7. The predicted octanol–water partition coefficient (Wildman–Crippen LogP) is 4.04. The average Bonchev–Trinajstić information content (AvgIpc) is 2.45. The van der Waals surface area contributed by atoms with E-state index in [1.165, 1.54) is 0 Å². The highest BCUT2D eigenvalue weighted by Gasteiger charge is 2.30. The van der Waals surface area contributed by atoms with Gasteiger partial charge in [0.05, 0.1) is 5.56 Å². The van der Waals surface area contributed by atoms with Crippen molar-refractivity contribution in [2.24, 2.45) is 11.5 Å². The molecule has 1 rings (SSSR count). The lowest BCUT2D eigenvalue weighted by Gasteiger charge is -2.24. The third kappa shape index (κ3) is 5.67. The number of benzene rings is 1. The average molecular weight is 302 g/mol. The summed E-state index contributed by atoms with van der Waals surface area (Å²) in [6.45, 7) is 4.02. The highest BCUT2D eigenvalue weighted by atomic mass is 19.4. The normalized spacial score (nSPS) is 16.5. The molecule has 0 aliphatic heterocycles. The summed E-state index contributed by atoms with van der Waals surface area (Å²) in [4.78, 5) is 0. The monoisotopic (exact) mass is 302 g/mol. The number of halogens is 3. The second kappa shape index (κ2) is 7.80. The summed E-state index contributed by atoms with van der Waals surface area (Å²) in [5.74, 6) is 0.109. The summed E-state index contributed by atoms with van der Waals surface area (Å²) in [6, 6.07) is 5.47. The van der Waals surface area contributed by atoms with Crippen LogP contribution in [0, 0.1) is 0 Å². The Bertz CT molecular complexity index is 403. The van der Waals surface area contributed by atoms with Crippen LogP contribution in [-0.2, 0) is 6.18 Å². The molecule has 0 bridgehead atoms. The molecule has 0 heterocycles. The molecule has 120 valence electrons. The van der Waals surface area contributed by atoms with Crippen molar-refractivity contribution in [3.8, 4) is 0 Å². The van der Waals surface area contributed by atoms with Gasteiger partial charge in [0.2, 0.25) is 0 Å². The molecule has 0 saturated carbocycles. The van der Waals surface area contributed by atoms with Crippen molar-refractivity contribution >= 4 is 0 Å². The largest absolute Gasteiger partial charge is 0.416 e. The van der Waals surface area contributed by atoms with Crippen molar-refractivity contribution in [2.75, 3.05) is 0 Å². The van der Waals surface area contributed by atoms with Crippen molar-refractivity contribution in [1.82, 2.24) is 0 Å². The summed E-state index contributed by atoms with van der Waals surface area (Å²) >= 11 is 0. The van der Waals surface area contributed by atoms with Crippen molar-refractivity contribution in [3.63, 3.8) is 0 Å². The van der Waals surface area contributed by atoms with E-state index >= 15 is 0 Å². The molecule has 0 radical (unpaired) electrons. The van der Waals surface area contributed by atoms with Gasteiger partial charge in [-0.2, -0.15) is 13.2 Å². The summed E-state index contributed by atoms with van der Waals surface area (Å²) < 4.78 is 37.8. The molecule has 2 unspecified atom stereocenters. The van der Waals surface area contributed by atoms with Gasteiger partial charge < -0.3 is 11.5 Å². The van der Waals surface area contributed by atoms with Crippen LogP contribution in [0.15, 0.2) is 24.3 Å². The first kappa shape index (κ1) is 18.0. The molecule has 0 aromatic heterocycles. The summed E-state index contributed by atoms with van der Waals surface area (Å²) in [5.41, 5.74) is 12.3. The van der Waals surface area contributed by atoms with Gasteiger partial charge in [-0.05, 0) is 49.3 Å². The minimum absolute atomic E-state index is 0.0429. The number of hydrogen-bond donors (Lipinski definition) is 2. The zero-order chi connectivity index (χ0) is 16.0. The first-order valence-corrected chi connectivity index (χ1v) is 7.46. The molecule has 2 nitrogen and oxygen atoms in total. The van der Waals surface area contributed by atoms with Crippen LogP contribution in [0.3, 0.4) is 0 Å². The van der Waals surface area contributed by atoms with E-state index in [2.05, 4.69) is 0 Å². The predicted molar refractivity (Wildman–Crippen MR) is 80.0 cm³/mol. The molecular weight excluding hydrogens is 277 g/mol. The Morgan fingerprint density at radius 2 is 1.33 bits per heavy atom. The minimum Gasteiger partial charge on any atom is -0.328 e. The third-order valence-electron chi connectivity index (χ3n) is 3.93. The highest BCUT2D eigenvalue weighted by Crippen LogP contribution is 2.32. The fraction of sp³-hybridized carbons (Fsp3) is 0.625. The van der Waals surface area contributed by atoms with E-state index in [1.807, 2.05) is 13.8 Å². The Morgan fingerprint density at radius 1 is 0.905 bits per heavy atom. The smallest absolute Gasteiger partial charge is 0.328 e. The lowest BCUT2D eigenvalue weighted by Crippen LogP contribution is -2.27. The van der Waals surface area contributed by atoms with Gasteiger partial charge in [0.1, 0.15) is 0 Å². The maximum Gasteiger partial charge on any atom is 0.416 e. The Kier molecular flexibility index (Phi) is 6.68. The zero-order valence-electron chi connectivity index (χ0n) is 12.7. The molecule has 0 aliphatic carbocycles. The maximum absolute atomic E-state index is 12.6. The lowest BCUT2D eigenvalue weighted by atomic mass is 9.85. The van der Waals surface area contributed by atoms with Crippen LogP contribution >= 0.6 is 0 Å². The van der Waals surface area contributed by atoms with E-state index in [0.29, 0.717) is 0 Å². The first-order valence-electron chi connectivity index (χ1n) is 7.46. The quantitative estimate of drug-likeness (QED) is 0.798. The van der Waals surface area contributed by atoms with E-state index in [-0.39, 0.29) is 18.0 Å². The van der Waals surface area contributed by atoms with E-state index < -0.39 is 11.7 Å². The van der Waals surface area contributed by atoms with E-state index in [0.717, 1.165) is 43.4 Å². The molecule has 21 heavy (non-hydrogen) atoms. The van der Waals surface area contributed by atoms with Gasteiger partial charge in [-0.1, -0.05) is 26.0 Å². The SMILES string of the molecule is CCC(N)CC(CC(N)CC)c1ccc(C(F)(F)F)cc1. The molecule has 5 heteroatoms. The molecular formula is C16H25F3N2. The van der Waals surface area contributed by atoms with Gasteiger partial charge in [0, 0.05) is 12.1 Å². The molecule has 0 saturated heterocycles. The van der Waals surface area contributed by atoms with Crippen LogP contribution in [0.25, 0.3) is 0 Å². The molecule has 0 spiro atoms. The standard InChI is InChI=1S/C16H25F3N2/c1-3-14(20)9-12(10-15(21)4-2)11-5-7-13(8-6-11)16(17,18)19/h5-8,12,14-15H,3-4,9-10,20-21H2,1-2H3. The summed E-state index contributed by atoms with van der Waals surface area (Å²) in [5, 5.41) is 0. The van der Waals surface area contributed by atoms with Crippen molar-refractivity contribution in [3.05, 3.63) is 35.4 Å². The topological polar surface area (TPSA) is 52.0 Å². The van der Waals surface area contributed by atoms with Crippen molar-refractivity contribution in [1.29, 1.82) is 0 Å². The van der Waals surface area contributed by atoms with E-state index in [4.69, 9.17) is 11.5 Å². The first-order chi connectivity index (χ1) is 9.77. The Hall–Kier alpha value is -1.07. The van der Waals surface area contributed by atoms with Gasteiger partial charge in [-0.25, -0.2) is 0 Å². The van der Waals surface area contributed by atoms with Crippen LogP contribution in [0.5, 0.6) is 0 Å². The van der Waals surface area contributed by atoms with Crippen molar-refractivity contribution < 1.29 is 13.2 Å². The Labute approximate surface area is 124 Å². The number of alkyl halides is 3. The van der Waals surface area contributed by atoms with Crippen LogP contribution in [0.4, 0.5) is 13.2 Å². The summed E-state index contributed by atoms with van der Waals surface area (Å²) in [6.07, 6.45) is -1.12. The molecule has 0 aliphatic rings. The molecule has 1 aromatic carbocycles. The van der Waals surface area contributed by atoms with Gasteiger partial charge >= 0.3 is 6.18 Å². The molecule has 0 fully saturated rings. The number of hydrogen-bond acceptors (Lipinski definition) is 2.